The lowest BCUT2D eigenvalue weighted by atomic mass is 9.79. The van der Waals surface area contributed by atoms with Crippen LogP contribution in [0, 0.1) is 22.7 Å². The topological polar surface area (TPSA) is 81.7 Å². The van der Waals surface area contributed by atoms with E-state index in [0.29, 0.717) is 12.2 Å². The zero-order chi connectivity index (χ0) is 40.8. The van der Waals surface area contributed by atoms with E-state index in [0.717, 1.165) is 39.2 Å². The summed E-state index contributed by atoms with van der Waals surface area (Å²) < 4.78 is 55.2. The summed E-state index contributed by atoms with van der Waals surface area (Å²) in [7, 11) is 3.54. The Bertz CT molecular complexity index is 1930. The molecule has 3 aliphatic rings. The Labute approximate surface area is 329 Å². The number of allylic oxidation sites excluding steroid dienone is 1. The molecule has 2 atom stereocenters. The SMILES string of the molecule is CN(C(=O)C1CCC(F)(F)CC1)[C@H](C1=NC=C(c2ccc(-c3ccc(-c4cnc([C@@H](N(C)C(=O)C5CCC(F)(F)CC5)C(C)(C)C)[nH]4)cc3)cc2)C1)C(C)(C)C. The number of amides is 2. The van der Waals surface area contributed by atoms with E-state index in [1.54, 1.807) is 30.1 Å². The highest BCUT2D eigenvalue weighted by atomic mass is 19.3. The number of halogens is 4. The second-order valence-electron chi connectivity index (χ2n) is 18.5. The second-order valence-corrected chi connectivity index (χ2v) is 18.5. The van der Waals surface area contributed by atoms with Gasteiger partial charge in [-0.15, -0.1) is 0 Å². The van der Waals surface area contributed by atoms with Gasteiger partial charge in [0, 0.05) is 69.9 Å². The third-order valence-corrected chi connectivity index (χ3v) is 12.0. The summed E-state index contributed by atoms with van der Waals surface area (Å²) in [5.74, 6) is -5.72. The van der Waals surface area contributed by atoms with Crippen LogP contribution in [0.15, 0.2) is 65.9 Å². The second kappa shape index (κ2) is 15.6. The molecule has 3 aromatic rings. The van der Waals surface area contributed by atoms with Crippen molar-refractivity contribution in [2.75, 3.05) is 14.1 Å². The van der Waals surface area contributed by atoms with Crippen molar-refractivity contribution in [1.82, 2.24) is 19.8 Å². The molecule has 2 saturated carbocycles. The Morgan fingerprint density at radius 2 is 1.09 bits per heavy atom. The number of benzene rings is 2. The van der Waals surface area contributed by atoms with E-state index in [1.807, 2.05) is 39.1 Å². The molecule has 2 fully saturated rings. The zero-order valence-corrected chi connectivity index (χ0v) is 34.1. The molecule has 2 heterocycles. The highest BCUT2D eigenvalue weighted by Crippen LogP contribution is 2.42. The molecule has 6 rings (SSSR count). The number of aliphatic imine (C=N–C) groups is 1. The third kappa shape index (κ3) is 9.13. The largest absolute Gasteiger partial charge is 0.340 e. The van der Waals surface area contributed by atoms with E-state index in [-0.39, 0.29) is 86.1 Å². The van der Waals surface area contributed by atoms with Crippen molar-refractivity contribution >= 4 is 23.1 Å². The Balaban J connectivity index is 1.10. The van der Waals surface area contributed by atoms with Crippen molar-refractivity contribution in [1.29, 1.82) is 0 Å². The van der Waals surface area contributed by atoms with Crippen molar-refractivity contribution in [2.45, 2.75) is 123 Å². The van der Waals surface area contributed by atoms with Crippen LogP contribution < -0.4 is 0 Å². The van der Waals surface area contributed by atoms with Gasteiger partial charge in [0.15, 0.2) is 0 Å². The normalized spacial score (nSPS) is 20.2. The van der Waals surface area contributed by atoms with E-state index in [2.05, 4.69) is 62.2 Å². The molecule has 1 aliphatic heterocycles. The lowest BCUT2D eigenvalue weighted by molar-refractivity contribution is -0.143. The van der Waals surface area contributed by atoms with Gasteiger partial charge in [0.2, 0.25) is 23.7 Å². The minimum absolute atomic E-state index is 0.0819. The van der Waals surface area contributed by atoms with Crippen molar-refractivity contribution < 1.29 is 27.2 Å². The number of aromatic amines is 1. The number of alkyl halides is 4. The Kier molecular flexibility index (Phi) is 11.5. The monoisotopic (exact) mass is 775 g/mol. The van der Waals surface area contributed by atoms with Crippen molar-refractivity contribution in [2.24, 2.45) is 27.7 Å². The first kappa shape index (κ1) is 41.4. The minimum Gasteiger partial charge on any atom is -0.340 e. The number of nitrogens with zero attached hydrogens (tertiary/aromatic N) is 4. The van der Waals surface area contributed by atoms with Gasteiger partial charge in [0.1, 0.15) is 5.82 Å². The molecule has 302 valence electrons. The van der Waals surface area contributed by atoms with Gasteiger partial charge in [-0.3, -0.25) is 14.6 Å². The number of carbonyl (C=O) groups excluding carboxylic acids is 2. The summed E-state index contributed by atoms with van der Waals surface area (Å²) in [6.45, 7) is 12.4. The first-order valence-electron chi connectivity index (χ1n) is 19.9. The molecule has 0 bridgehead atoms. The fourth-order valence-corrected chi connectivity index (χ4v) is 9.02. The maximum Gasteiger partial charge on any atom is 0.248 e. The number of imidazole rings is 1. The summed E-state index contributed by atoms with van der Waals surface area (Å²) in [4.78, 5) is 43.4. The number of rotatable bonds is 9. The van der Waals surface area contributed by atoms with E-state index >= 15 is 0 Å². The number of carbonyl (C=O) groups is 2. The predicted molar refractivity (Wildman–Crippen MR) is 214 cm³/mol. The van der Waals surface area contributed by atoms with Crippen LogP contribution in [-0.4, -0.2) is 69.3 Å². The van der Waals surface area contributed by atoms with Crippen molar-refractivity contribution in [3.63, 3.8) is 0 Å². The van der Waals surface area contributed by atoms with Gasteiger partial charge >= 0.3 is 0 Å². The van der Waals surface area contributed by atoms with Gasteiger partial charge in [0.05, 0.1) is 24.0 Å². The molecule has 2 aliphatic carbocycles. The lowest BCUT2D eigenvalue weighted by Gasteiger charge is -2.41. The zero-order valence-electron chi connectivity index (χ0n) is 34.1. The highest BCUT2D eigenvalue weighted by Gasteiger charge is 2.44. The smallest absolute Gasteiger partial charge is 0.248 e. The molecule has 1 aromatic heterocycles. The standard InChI is InChI=1S/C45H57F4N5O2/c1-42(2,3)37(53(7)40(55)32-17-21-44(46,47)22-18-32)35-25-34(26-50-35)30-11-9-28(10-12-30)29-13-15-31(16-14-29)36-27-51-39(52-36)38(43(4,5)6)54(8)41(56)33-19-23-45(48,49)24-20-33/h9-16,26-27,32-33,37-38H,17-25H2,1-8H3,(H,51,52)/t37-,38-/m1/s1. The van der Waals surface area contributed by atoms with Gasteiger partial charge in [-0.05, 0) is 64.3 Å². The van der Waals surface area contributed by atoms with E-state index in [4.69, 9.17) is 9.98 Å². The number of hydrogen-bond donors (Lipinski definition) is 1. The van der Waals surface area contributed by atoms with E-state index in [9.17, 15) is 27.2 Å². The minimum atomic E-state index is -2.69. The molecule has 0 saturated heterocycles. The van der Waals surface area contributed by atoms with Crippen LogP contribution in [0.2, 0.25) is 0 Å². The molecular formula is C45H57F4N5O2. The maximum atomic E-state index is 13.8. The van der Waals surface area contributed by atoms with Gasteiger partial charge in [-0.25, -0.2) is 22.5 Å². The van der Waals surface area contributed by atoms with Crippen LogP contribution in [-0.2, 0) is 9.59 Å². The van der Waals surface area contributed by atoms with E-state index in [1.165, 1.54) is 0 Å². The Morgan fingerprint density at radius 1 is 0.679 bits per heavy atom. The number of aromatic nitrogens is 2. The molecule has 7 nitrogen and oxygen atoms in total. The first-order valence-corrected chi connectivity index (χ1v) is 19.9. The van der Waals surface area contributed by atoms with Crippen LogP contribution >= 0.6 is 0 Å². The van der Waals surface area contributed by atoms with Gasteiger partial charge < -0.3 is 14.8 Å². The van der Waals surface area contributed by atoms with Crippen molar-refractivity contribution in [3.8, 4) is 22.4 Å². The van der Waals surface area contributed by atoms with E-state index < -0.39 is 23.7 Å². The lowest BCUT2D eigenvalue weighted by Crippen LogP contribution is -2.52. The molecule has 1 N–H and O–H groups in total. The maximum absolute atomic E-state index is 13.8. The van der Waals surface area contributed by atoms with Crippen LogP contribution in [0.3, 0.4) is 0 Å². The van der Waals surface area contributed by atoms with Gasteiger partial charge in [0.25, 0.3) is 0 Å². The van der Waals surface area contributed by atoms with Crippen molar-refractivity contribution in [3.05, 3.63) is 72.3 Å². The molecule has 0 spiro atoms. The summed E-state index contributed by atoms with van der Waals surface area (Å²) in [5, 5.41) is 0. The molecular weight excluding hydrogens is 719 g/mol. The third-order valence-electron chi connectivity index (χ3n) is 12.0. The molecule has 0 radical (unpaired) electrons. The average molecular weight is 776 g/mol. The van der Waals surface area contributed by atoms with Gasteiger partial charge in [-0.2, -0.15) is 0 Å². The molecule has 2 amide bonds. The van der Waals surface area contributed by atoms with Crippen LogP contribution in [0.5, 0.6) is 0 Å². The summed E-state index contributed by atoms with van der Waals surface area (Å²) in [5.41, 5.74) is 6.20. The predicted octanol–water partition coefficient (Wildman–Crippen LogP) is 11.0. The van der Waals surface area contributed by atoms with Crippen LogP contribution in [0.4, 0.5) is 17.6 Å². The highest BCUT2D eigenvalue weighted by molar-refractivity contribution is 6.03. The fraction of sp³-hybridized carbons (Fsp3) is 0.556. The summed E-state index contributed by atoms with van der Waals surface area (Å²) in [6, 6.07) is 15.9. The quantitative estimate of drug-likeness (QED) is 0.220. The molecule has 0 unspecified atom stereocenters. The Hall–Kier alpha value is -4.28. The summed E-state index contributed by atoms with van der Waals surface area (Å²) in [6.07, 6.45) is 4.05. The average Bonchev–Trinajstić information content (AvgIpc) is 3.81. The molecule has 2 aromatic carbocycles. The van der Waals surface area contributed by atoms with Crippen LogP contribution in [0.1, 0.15) is 117 Å². The number of H-pyrrole nitrogens is 1. The fourth-order valence-electron chi connectivity index (χ4n) is 9.02. The Morgan fingerprint density at radius 3 is 1.54 bits per heavy atom. The molecule has 11 heteroatoms. The number of nitrogens with one attached hydrogen (secondary N) is 1. The number of hydrogen-bond acceptors (Lipinski definition) is 4. The first-order chi connectivity index (χ1) is 26.1. The molecule has 56 heavy (non-hydrogen) atoms. The summed E-state index contributed by atoms with van der Waals surface area (Å²) >= 11 is 0. The van der Waals surface area contributed by atoms with Gasteiger partial charge in [-0.1, -0.05) is 90.1 Å². The van der Waals surface area contributed by atoms with Crippen LogP contribution in [0.25, 0.3) is 28.0 Å².